The largest absolute Gasteiger partial charge is 0.870 e. The molecule has 2 aromatic carbocycles. The second-order valence-electron chi connectivity index (χ2n) is 10.7. The quantitative estimate of drug-likeness (QED) is 0.190. The van der Waals surface area contributed by atoms with E-state index in [-0.39, 0.29) is 29.6 Å². The summed E-state index contributed by atoms with van der Waals surface area (Å²) < 4.78 is 27.1. The first-order valence-corrected chi connectivity index (χ1v) is 15.0. The molecule has 0 fully saturated rings. The first-order valence-electron chi connectivity index (χ1n) is 13.9. The van der Waals surface area contributed by atoms with E-state index in [1.54, 1.807) is 0 Å². The Kier molecular flexibility index (Phi) is 20.2. The summed E-state index contributed by atoms with van der Waals surface area (Å²) in [5, 5.41) is 7.42. The smallest absolute Gasteiger partial charge is 0.303 e. The molecule has 2 aliphatic carbocycles. The molecule has 42 heavy (non-hydrogen) atoms. The lowest BCUT2D eigenvalue weighted by molar-refractivity contribution is -0.849. The van der Waals surface area contributed by atoms with Crippen molar-refractivity contribution in [1.29, 1.82) is 0 Å². The molecule has 4 atom stereocenters. The van der Waals surface area contributed by atoms with Crippen molar-refractivity contribution < 1.29 is 44.7 Å². The van der Waals surface area contributed by atoms with Crippen LogP contribution in [0.4, 0.5) is 4.39 Å². The minimum atomic E-state index is -1.00. The molecule has 0 saturated heterocycles. The second-order valence-corrected chi connectivity index (χ2v) is 13.0. The number of hydrogen-bond acceptors (Lipinski definition) is 6. The van der Waals surface area contributed by atoms with Crippen LogP contribution >= 0.6 is 31.9 Å². The van der Waals surface area contributed by atoms with Gasteiger partial charge >= 0.3 is 11.9 Å². The van der Waals surface area contributed by atoms with Crippen LogP contribution < -0.4 is 0 Å². The van der Waals surface area contributed by atoms with Crippen LogP contribution in [0, 0.1) is 0 Å². The van der Waals surface area contributed by atoms with E-state index in [0.717, 1.165) is 22.5 Å². The number of alkyl halides is 3. The summed E-state index contributed by atoms with van der Waals surface area (Å²) in [7, 11) is 7.50. The maximum Gasteiger partial charge on any atom is 0.303 e. The molecular formula is C31H46Br2FNO7. The zero-order valence-electron chi connectivity index (χ0n) is 26.5. The zero-order valence-corrected chi connectivity index (χ0v) is 28.7. The van der Waals surface area contributed by atoms with Crippen LogP contribution in [0.3, 0.4) is 0 Å². The number of fused-ring (bicyclic) bond motifs is 2. The lowest BCUT2D eigenvalue weighted by atomic mass is 9.87. The molecule has 0 aromatic heterocycles. The SMILES string of the molecule is BrC1CCC(Br)c2ccccc21.CC(=O)O.CC(=O)OC1CCC(OC(C)=O)c2ccccc21.C[N+](C)(C)C.[2H]CF.[OH-]. The minimum Gasteiger partial charge on any atom is -0.870 e. The number of hydrogen-bond donors (Lipinski definition) is 1. The fraction of sp³-hybridized carbons (Fsp3) is 0.516. The number of ether oxygens (including phenoxy) is 2. The predicted molar refractivity (Wildman–Crippen MR) is 170 cm³/mol. The Bertz CT molecular complexity index is 1040. The number of quaternary nitrogens is 1. The summed E-state index contributed by atoms with van der Waals surface area (Å²) in [6.07, 6.45) is 3.35. The number of halogens is 3. The molecule has 0 amide bonds. The van der Waals surface area contributed by atoms with Crippen LogP contribution in [0.5, 0.6) is 0 Å². The third-order valence-electron chi connectivity index (χ3n) is 5.34. The molecule has 8 nitrogen and oxygen atoms in total. The van der Waals surface area contributed by atoms with Gasteiger partial charge in [-0.15, -0.1) is 0 Å². The number of rotatable bonds is 2. The molecule has 0 aliphatic heterocycles. The van der Waals surface area contributed by atoms with Gasteiger partial charge in [-0.05, 0) is 47.9 Å². The van der Waals surface area contributed by atoms with Gasteiger partial charge in [0.25, 0.3) is 5.97 Å². The highest BCUT2D eigenvalue weighted by Crippen LogP contribution is 2.44. The van der Waals surface area contributed by atoms with Gasteiger partial charge in [0, 0.05) is 30.4 Å². The Morgan fingerprint density at radius 1 is 0.762 bits per heavy atom. The minimum absolute atomic E-state index is 0. The fourth-order valence-electron chi connectivity index (χ4n) is 4.04. The van der Waals surface area contributed by atoms with Gasteiger partial charge in [0.05, 0.1) is 36.7 Å². The first-order chi connectivity index (χ1) is 19.5. The molecule has 11 heteroatoms. The van der Waals surface area contributed by atoms with Gasteiger partial charge in [-0.1, -0.05) is 80.4 Å². The van der Waals surface area contributed by atoms with Crippen molar-refractivity contribution in [1.82, 2.24) is 0 Å². The number of carbonyl (C=O) groups is 3. The Hall–Kier alpha value is -2.34. The molecule has 0 saturated carbocycles. The van der Waals surface area contributed by atoms with Crippen molar-refractivity contribution in [2.75, 3.05) is 35.3 Å². The van der Waals surface area contributed by atoms with Crippen LogP contribution in [0.1, 0.15) is 91.9 Å². The van der Waals surface area contributed by atoms with Crippen LogP contribution in [0.25, 0.3) is 0 Å². The van der Waals surface area contributed by atoms with E-state index in [9.17, 15) is 14.0 Å². The number of benzene rings is 2. The van der Waals surface area contributed by atoms with Crippen LogP contribution in [-0.2, 0) is 23.9 Å². The number of carboxylic acid groups (broad SMARTS) is 1. The summed E-state index contributed by atoms with van der Waals surface area (Å²) in [4.78, 5) is 32.3. The third kappa shape index (κ3) is 17.6. The number of aliphatic carboxylic acids is 1. The van der Waals surface area contributed by atoms with E-state index in [1.807, 2.05) is 24.3 Å². The molecule has 4 unspecified atom stereocenters. The summed E-state index contributed by atoms with van der Waals surface area (Å²) >= 11 is 7.39. The van der Waals surface area contributed by atoms with Gasteiger partial charge in [0.15, 0.2) is 0 Å². The van der Waals surface area contributed by atoms with E-state index in [1.165, 1.54) is 37.8 Å². The fourth-order valence-corrected chi connectivity index (χ4v) is 5.40. The number of carboxylic acids is 1. The van der Waals surface area contributed by atoms with Crippen LogP contribution in [0.2, 0.25) is 0 Å². The number of nitrogens with zero attached hydrogens (tertiary/aromatic N) is 1. The summed E-state index contributed by atoms with van der Waals surface area (Å²) in [6, 6.07) is 16.3. The van der Waals surface area contributed by atoms with Crippen molar-refractivity contribution in [2.24, 2.45) is 0 Å². The summed E-state index contributed by atoms with van der Waals surface area (Å²) in [6.45, 7) is 3.89. The van der Waals surface area contributed by atoms with Gasteiger partial charge in [-0.25, -0.2) is 0 Å². The molecule has 2 aromatic rings. The highest BCUT2D eigenvalue weighted by molar-refractivity contribution is 9.09. The first kappa shape index (κ1) is 39.7. The van der Waals surface area contributed by atoms with E-state index >= 15 is 0 Å². The van der Waals surface area contributed by atoms with E-state index in [2.05, 4.69) is 84.3 Å². The molecule has 0 bridgehead atoms. The van der Waals surface area contributed by atoms with Crippen molar-refractivity contribution in [3.05, 3.63) is 70.8 Å². The molecule has 0 radical (unpaired) electrons. The maximum absolute atomic E-state index is 11.1. The number of carbonyl (C=O) groups excluding carboxylic acids is 2. The Balaban J connectivity index is 0. The van der Waals surface area contributed by atoms with Crippen molar-refractivity contribution in [3.8, 4) is 0 Å². The Morgan fingerprint density at radius 3 is 1.24 bits per heavy atom. The highest BCUT2D eigenvalue weighted by Gasteiger charge is 2.30. The average Bonchev–Trinajstić information content (AvgIpc) is 2.87. The second kappa shape index (κ2) is 21.4. The van der Waals surface area contributed by atoms with Gasteiger partial charge in [0.2, 0.25) is 0 Å². The molecule has 0 spiro atoms. The highest BCUT2D eigenvalue weighted by atomic mass is 79.9. The molecule has 0 heterocycles. The lowest BCUT2D eigenvalue weighted by Gasteiger charge is -2.30. The predicted octanol–water partition coefficient (Wildman–Crippen LogP) is 7.86. The normalized spacial score (nSPS) is 19.9. The van der Waals surface area contributed by atoms with Gasteiger partial charge in [-0.3, -0.25) is 18.8 Å². The summed E-state index contributed by atoms with van der Waals surface area (Å²) in [5.74, 6) is -1.42. The van der Waals surface area contributed by atoms with E-state index in [0.29, 0.717) is 22.5 Å². The topological polar surface area (TPSA) is 120 Å². The third-order valence-corrected chi connectivity index (χ3v) is 7.24. The van der Waals surface area contributed by atoms with Gasteiger partial charge < -0.3 is 24.5 Å². The molecule has 238 valence electrons. The molecule has 2 N–H and O–H groups in total. The van der Waals surface area contributed by atoms with Crippen molar-refractivity contribution in [3.63, 3.8) is 0 Å². The summed E-state index contributed by atoms with van der Waals surface area (Å²) in [5.41, 5.74) is 4.77. The van der Waals surface area contributed by atoms with Crippen LogP contribution in [-0.4, -0.2) is 68.3 Å². The number of esters is 2. The lowest BCUT2D eigenvalue weighted by Crippen LogP contribution is -2.27. The Labute approximate surface area is 268 Å². The van der Waals surface area contributed by atoms with Crippen molar-refractivity contribution >= 4 is 49.8 Å². The van der Waals surface area contributed by atoms with E-state index < -0.39 is 13.1 Å². The molecular weight excluding hydrogens is 677 g/mol. The molecule has 2 aliphatic rings. The van der Waals surface area contributed by atoms with Crippen LogP contribution in [0.15, 0.2) is 48.5 Å². The molecule has 4 rings (SSSR count). The maximum atomic E-state index is 11.1. The van der Waals surface area contributed by atoms with Crippen molar-refractivity contribution in [2.45, 2.75) is 68.3 Å². The van der Waals surface area contributed by atoms with Gasteiger partial charge in [0.1, 0.15) is 12.2 Å². The monoisotopic (exact) mass is 722 g/mol. The standard InChI is InChI=1S/C14H16O4.C10H10Br2.C4H12N.C2H4O2.CH3F.H2O/c1-9(15)17-13-7-8-14(18-10(2)16)12-6-4-3-5-11(12)13;11-9-5-6-10(12)8-4-2-1-3-7(8)9;1-5(2,3)4;1-2(3)4;1-2;/h3-6,13-14H,7-8H2,1-2H3;1-4,9-10H,5-6H2;1-4H3;1H3,(H,3,4);1H3;1H2/q;;+1;;;/p-1/i;;;;1D;. The zero-order chi connectivity index (χ0) is 32.5. The average molecular weight is 725 g/mol. The Morgan fingerprint density at radius 2 is 1.00 bits per heavy atom. The van der Waals surface area contributed by atoms with E-state index in [4.69, 9.17) is 20.7 Å². The van der Waals surface area contributed by atoms with Gasteiger partial charge in [-0.2, -0.15) is 0 Å².